The molecule has 0 radical (unpaired) electrons. The Kier molecular flexibility index (Phi) is 2.88. The molecule has 0 aromatic heterocycles. The average Bonchev–Trinajstić information content (AvgIpc) is 2.73. The summed E-state index contributed by atoms with van der Waals surface area (Å²) < 4.78 is 0. The van der Waals surface area contributed by atoms with Gasteiger partial charge in [0.2, 0.25) is 5.91 Å². The van der Waals surface area contributed by atoms with Crippen LogP contribution in [0.1, 0.15) is 51.4 Å². The van der Waals surface area contributed by atoms with E-state index in [4.69, 9.17) is 11.6 Å². The summed E-state index contributed by atoms with van der Waals surface area (Å²) in [7, 11) is 0. The molecule has 0 N–H and O–H groups in total. The number of amides is 1. The largest absolute Gasteiger partial charge is 0.341 e. The van der Waals surface area contributed by atoms with Crippen LogP contribution >= 0.6 is 11.6 Å². The Bertz CT molecular complexity index is 359. The van der Waals surface area contributed by atoms with Gasteiger partial charge in [0.1, 0.15) is 0 Å². The number of carbonyl (C=O) groups is 1. The number of alkyl halides is 1. The molecule has 1 unspecified atom stereocenters. The van der Waals surface area contributed by atoms with E-state index in [9.17, 15) is 4.79 Å². The van der Waals surface area contributed by atoms with Crippen molar-refractivity contribution in [3.8, 4) is 0 Å². The van der Waals surface area contributed by atoms with Crippen LogP contribution in [0.5, 0.6) is 0 Å². The zero-order valence-electron chi connectivity index (χ0n) is 11.6. The second kappa shape index (κ2) is 4.38. The summed E-state index contributed by atoms with van der Waals surface area (Å²) >= 11 is 6.13. The number of likely N-dealkylation sites (tertiary alicyclic amines) is 1. The maximum atomic E-state index is 12.5. The molecule has 19 heavy (non-hydrogen) atoms. The van der Waals surface area contributed by atoms with Gasteiger partial charge in [0, 0.05) is 19.5 Å². The van der Waals surface area contributed by atoms with Crippen molar-refractivity contribution in [2.75, 3.05) is 13.1 Å². The monoisotopic (exact) mass is 281 g/mol. The van der Waals surface area contributed by atoms with Gasteiger partial charge in [-0.3, -0.25) is 4.79 Å². The molecule has 4 bridgehead atoms. The van der Waals surface area contributed by atoms with E-state index >= 15 is 0 Å². The van der Waals surface area contributed by atoms with Gasteiger partial charge >= 0.3 is 0 Å². The first-order chi connectivity index (χ1) is 9.12. The van der Waals surface area contributed by atoms with Gasteiger partial charge in [-0.2, -0.15) is 0 Å². The minimum absolute atomic E-state index is 0.195. The van der Waals surface area contributed by atoms with Crippen LogP contribution in [0.25, 0.3) is 0 Å². The zero-order valence-corrected chi connectivity index (χ0v) is 12.4. The van der Waals surface area contributed by atoms with Crippen LogP contribution in [0.2, 0.25) is 0 Å². The molecule has 2 nitrogen and oxygen atoms in total. The second-order valence-electron chi connectivity index (χ2n) is 7.82. The molecule has 5 rings (SSSR count). The maximum Gasteiger partial charge on any atom is 0.223 e. The summed E-state index contributed by atoms with van der Waals surface area (Å²) in [4.78, 5) is 14.6. The van der Waals surface area contributed by atoms with E-state index in [1.807, 2.05) is 4.90 Å². The molecule has 3 heteroatoms. The van der Waals surface area contributed by atoms with Gasteiger partial charge in [0.25, 0.3) is 0 Å². The molecule has 106 valence electrons. The molecule has 5 aliphatic rings. The summed E-state index contributed by atoms with van der Waals surface area (Å²) in [5.74, 6) is 3.22. The van der Waals surface area contributed by atoms with Gasteiger partial charge in [-0.15, -0.1) is 11.6 Å². The predicted molar refractivity (Wildman–Crippen MR) is 76.1 cm³/mol. The van der Waals surface area contributed by atoms with Crippen molar-refractivity contribution in [1.29, 1.82) is 0 Å². The lowest BCUT2D eigenvalue weighted by Crippen LogP contribution is -2.48. The van der Waals surface area contributed by atoms with Crippen LogP contribution in [0.3, 0.4) is 0 Å². The highest BCUT2D eigenvalue weighted by Gasteiger charge is 2.51. The van der Waals surface area contributed by atoms with E-state index in [1.54, 1.807) is 0 Å². The Labute approximate surface area is 120 Å². The molecule has 0 spiro atoms. The standard InChI is InChI=1S/C16H24ClNO/c17-14-1-2-18(10-14)15(19)9-16-6-11-3-12(7-16)5-13(4-11)8-16/h11-14H,1-10H2. The molecule has 1 saturated heterocycles. The van der Waals surface area contributed by atoms with E-state index in [0.717, 1.165) is 43.7 Å². The van der Waals surface area contributed by atoms with Crippen LogP contribution in [-0.2, 0) is 4.79 Å². The fraction of sp³-hybridized carbons (Fsp3) is 0.938. The molecule has 4 aliphatic carbocycles. The highest BCUT2D eigenvalue weighted by Crippen LogP contribution is 2.61. The van der Waals surface area contributed by atoms with E-state index in [1.165, 1.54) is 38.5 Å². The fourth-order valence-corrected chi connectivity index (χ4v) is 6.15. The molecular weight excluding hydrogens is 258 g/mol. The first kappa shape index (κ1) is 12.5. The van der Waals surface area contributed by atoms with E-state index < -0.39 is 0 Å². The molecule has 1 heterocycles. The Morgan fingerprint density at radius 2 is 1.68 bits per heavy atom. The predicted octanol–water partition coefficient (Wildman–Crippen LogP) is 3.43. The van der Waals surface area contributed by atoms with Gasteiger partial charge in [-0.1, -0.05) is 0 Å². The normalized spacial score (nSPS) is 47.9. The molecule has 0 aromatic rings. The summed E-state index contributed by atoms with van der Waals surface area (Å²) in [5, 5.41) is 0.195. The number of hydrogen-bond acceptors (Lipinski definition) is 1. The Balaban J connectivity index is 1.46. The molecule has 0 aromatic carbocycles. The minimum Gasteiger partial charge on any atom is -0.341 e. The van der Waals surface area contributed by atoms with Crippen molar-refractivity contribution in [3.05, 3.63) is 0 Å². The molecular formula is C16H24ClNO. The second-order valence-corrected chi connectivity index (χ2v) is 8.44. The number of hydrogen-bond donors (Lipinski definition) is 0. The topological polar surface area (TPSA) is 20.3 Å². The summed E-state index contributed by atoms with van der Waals surface area (Å²) in [6.07, 6.45) is 10.2. The molecule has 1 aliphatic heterocycles. The lowest BCUT2D eigenvalue weighted by Gasteiger charge is -2.56. The lowest BCUT2D eigenvalue weighted by atomic mass is 9.49. The number of halogens is 1. The molecule has 4 saturated carbocycles. The smallest absolute Gasteiger partial charge is 0.223 e. The van der Waals surface area contributed by atoms with E-state index in [2.05, 4.69) is 0 Å². The van der Waals surface area contributed by atoms with Crippen molar-refractivity contribution in [1.82, 2.24) is 4.90 Å². The number of carbonyl (C=O) groups excluding carboxylic acids is 1. The first-order valence-electron chi connectivity index (χ1n) is 8.04. The Hall–Kier alpha value is -0.240. The van der Waals surface area contributed by atoms with Crippen molar-refractivity contribution in [3.63, 3.8) is 0 Å². The van der Waals surface area contributed by atoms with Gasteiger partial charge < -0.3 is 4.90 Å². The summed E-state index contributed by atoms with van der Waals surface area (Å²) in [5.41, 5.74) is 0.385. The van der Waals surface area contributed by atoms with E-state index in [-0.39, 0.29) is 5.38 Å². The summed E-state index contributed by atoms with van der Waals surface area (Å²) in [6.45, 7) is 1.67. The Morgan fingerprint density at radius 1 is 1.11 bits per heavy atom. The third kappa shape index (κ3) is 2.20. The van der Waals surface area contributed by atoms with Crippen molar-refractivity contribution in [2.45, 2.75) is 56.7 Å². The maximum absolute atomic E-state index is 12.5. The highest BCUT2D eigenvalue weighted by atomic mass is 35.5. The van der Waals surface area contributed by atoms with Crippen LogP contribution in [0, 0.1) is 23.2 Å². The van der Waals surface area contributed by atoms with Gasteiger partial charge in [-0.05, 0) is 68.1 Å². The van der Waals surface area contributed by atoms with Gasteiger partial charge in [0.05, 0.1) is 5.38 Å². The quantitative estimate of drug-likeness (QED) is 0.710. The van der Waals surface area contributed by atoms with Crippen LogP contribution < -0.4 is 0 Å². The van der Waals surface area contributed by atoms with Crippen molar-refractivity contribution >= 4 is 17.5 Å². The highest BCUT2D eigenvalue weighted by molar-refractivity contribution is 6.21. The van der Waals surface area contributed by atoms with Gasteiger partial charge in [-0.25, -0.2) is 0 Å². The Morgan fingerprint density at radius 3 is 2.16 bits per heavy atom. The first-order valence-corrected chi connectivity index (χ1v) is 8.47. The van der Waals surface area contributed by atoms with Crippen molar-refractivity contribution in [2.24, 2.45) is 23.2 Å². The van der Waals surface area contributed by atoms with Crippen LogP contribution in [0.15, 0.2) is 0 Å². The zero-order chi connectivity index (χ0) is 13.0. The summed E-state index contributed by atoms with van der Waals surface area (Å²) in [6, 6.07) is 0. The van der Waals surface area contributed by atoms with Crippen molar-refractivity contribution < 1.29 is 4.79 Å². The lowest BCUT2D eigenvalue weighted by molar-refractivity contribution is -0.138. The van der Waals surface area contributed by atoms with E-state index in [0.29, 0.717) is 11.3 Å². The average molecular weight is 282 g/mol. The minimum atomic E-state index is 0.195. The number of nitrogens with zero attached hydrogens (tertiary/aromatic N) is 1. The molecule has 5 fully saturated rings. The molecule has 1 atom stereocenters. The third-order valence-corrected chi connectivity index (χ3v) is 6.53. The fourth-order valence-electron chi connectivity index (χ4n) is 5.88. The van der Waals surface area contributed by atoms with Gasteiger partial charge in [0.15, 0.2) is 0 Å². The van der Waals surface area contributed by atoms with Crippen LogP contribution in [-0.4, -0.2) is 29.3 Å². The van der Waals surface area contributed by atoms with Crippen LogP contribution in [0.4, 0.5) is 0 Å². The SMILES string of the molecule is O=C(CC12CC3CC(CC(C3)C1)C2)N1CCC(Cl)C1. The molecule has 1 amide bonds. The third-order valence-electron chi connectivity index (χ3n) is 6.17. The number of rotatable bonds is 2.